The first-order valence-electron chi connectivity index (χ1n) is 22.6. The number of hydrogen-bond donors (Lipinski definition) is 7. The van der Waals surface area contributed by atoms with Crippen molar-refractivity contribution in [1.82, 2.24) is 10.3 Å². The van der Waals surface area contributed by atoms with Crippen LogP contribution in [0, 0.1) is 12.3 Å². The molecule has 0 saturated carbocycles. The predicted octanol–water partition coefficient (Wildman–Crippen LogP) is 4.99. The quantitative estimate of drug-likeness (QED) is 0.0263. The van der Waals surface area contributed by atoms with Crippen LogP contribution in [0.25, 0.3) is 27.1 Å². The van der Waals surface area contributed by atoms with Gasteiger partial charge in [-0.05, 0) is 97.3 Å². The standard InChI is InChI=1S/C48H48N4O19S6/c1-6-19-49-46(53)30-9-14-37(50-28-30)29(10-17-42-47(2,3)44-35-24-31(74(60,61)62)26-40(76(66,67)68)33(35)12-15-38(44)51(42)20-7-22-72(54,55)56)11-18-43-48(4,5)45-36-25-32(75(63,64)65)27-41(77(69,70)71)34(36)13-16-39(45)52(43)21-8-23-73(57,58)59/h1,9-18,24-28H,7-8,19-23H2,2-5H3,(H6-,49,53,54,55,56,57,58,59,60,61,62,63,64,65,66,67,68,69,70,71)/p+1. The Morgan fingerprint density at radius 3 is 1.74 bits per heavy atom. The van der Waals surface area contributed by atoms with Crippen LogP contribution in [0.1, 0.15) is 67.7 Å². The van der Waals surface area contributed by atoms with Crippen molar-refractivity contribution >= 4 is 111 Å². The molecular formula is C48H49N4O19S6+. The number of nitrogens with one attached hydrogen (secondary N) is 1. The van der Waals surface area contributed by atoms with Gasteiger partial charge in [0.05, 0.1) is 44.5 Å². The molecule has 0 bridgehead atoms. The molecule has 1 aromatic heterocycles. The minimum absolute atomic E-state index is 0.0450. The van der Waals surface area contributed by atoms with Crippen LogP contribution in [-0.4, -0.2) is 130 Å². The lowest BCUT2D eigenvalue weighted by molar-refractivity contribution is -0.437. The molecular weight excluding hydrogens is 1130 g/mol. The van der Waals surface area contributed by atoms with Crippen LogP contribution >= 0.6 is 0 Å². The molecule has 0 saturated heterocycles. The maximum Gasteiger partial charge on any atom is 0.295 e. The van der Waals surface area contributed by atoms with Gasteiger partial charge in [0.1, 0.15) is 16.3 Å². The lowest BCUT2D eigenvalue weighted by Crippen LogP contribution is -2.28. The number of benzene rings is 4. The minimum Gasteiger partial charge on any atom is -0.344 e. The molecule has 0 spiro atoms. The van der Waals surface area contributed by atoms with Gasteiger partial charge in [0.2, 0.25) is 5.69 Å². The number of hydrogen-bond acceptors (Lipinski definition) is 15. The molecule has 3 heterocycles. The Labute approximate surface area is 444 Å². The molecule has 0 fully saturated rings. The normalized spacial score (nSPS) is 16.6. The number of carbonyl (C=O) groups is 1. The second-order valence-corrected chi connectivity index (χ2v) is 27.7. The first-order valence-corrected chi connectivity index (χ1v) is 31.6. The molecule has 2 aliphatic heterocycles. The van der Waals surface area contributed by atoms with E-state index in [1.807, 2.05) is 0 Å². The number of terminal acetylenes is 1. The van der Waals surface area contributed by atoms with Crippen LogP contribution in [0.3, 0.4) is 0 Å². The van der Waals surface area contributed by atoms with E-state index in [0.29, 0.717) is 34.9 Å². The highest BCUT2D eigenvalue weighted by molar-refractivity contribution is 7.87. The van der Waals surface area contributed by atoms with E-state index in [1.54, 1.807) is 61.5 Å². The van der Waals surface area contributed by atoms with Crippen molar-refractivity contribution in [2.75, 3.05) is 36.0 Å². The van der Waals surface area contributed by atoms with Gasteiger partial charge in [-0.1, -0.05) is 31.9 Å². The number of aromatic nitrogens is 1. The maximum atomic E-state index is 12.9. The zero-order chi connectivity index (χ0) is 57.2. The van der Waals surface area contributed by atoms with Gasteiger partial charge in [0.25, 0.3) is 66.6 Å². The summed E-state index contributed by atoms with van der Waals surface area (Å²) < 4.78 is 211. The lowest BCUT2D eigenvalue weighted by Gasteiger charge is -2.27. The van der Waals surface area contributed by atoms with Gasteiger partial charge < -0.3 is 10.2 Å². The number of allylic oxidation sites excluding steroid dienone is 6. The van der Waals surface area contributed by atoms with E-state index < -0.39 is 109 Å². The Morgan fingerprint density at radius 2 is 1.23 bits per heavy atom. The number of anilines is 1. The van der Waals surface area contributed by atoms with Gasteiger partial charge in [-0.15, -0.1) is 6.42 Å². The third-order valence-corrected chi connectivity index (χ3v) is 18.1. The van der Waals surface area contributed by atoms with Gasteiger partial charge in [-0.25, -0.2) is 0 Å². The van der Waals surface area contributed by atoms with Crippen LogP contribution in [0.15, 0.2) is 116 Å². The second kappa shape index (κ2) is 20.5. The fourth-order valence-corrected chi connectivity index (χ4v) is 13.5. The molecule has 4 aromatic carbocycles. The molecule has 2 aliphatic rings. The van der Waals surface area contributed by atoms with Gasteiger partial charge in [-0.2, -0.15) is 55.1 Å². The molecule has 7 N–H and O–H groups in total. The van der Waals surface area contributed by atoms with Crippen LogP contribution in [-0.2, 0) is 71.5 Å². The Kier molecular flexibility index (Phi) is 15.6. The summed E-state index contributed by atoms with van der Waals surface area (Å²) >= 11 is 0. The highest BCUT2D eigenvalue weighted by atomic mass is 32.2. The maximum absolute atomic E-state index is 12.9. The zero-order valence-corrected chi connectivity index (χ0v) is 45.9. The first kappa shape index (κ1) is 58.4. The van der Waals surface area contributed by atoms with Crippen molar-refractivity contribution in [3.8, 4) is 12.3 Å². The second-order valence-electron chi connectivity index (χ2n) is 18.9. The predicted molar refractivity (Wildman–Crippen MR) is 283 cm³/mol. The molecule has 23 nitrogen and oxygen atoms in total. The van der Waals surface area contributed by atoms with E-state index in [4.69, 9.17) is 6.42 Å². The summed E-state index contributed by atoms with van der Waals surface area (Å²) in [6.45, 7) is 6.30. The van der Waals surface area contributed by atoms with Crippen LogP contribution in [0.2, 0.25) is 0 Å². The van der Waals surface area contributed by atoms with E-state index in [2.05, 4.69) is 16.2 Å². The SMILES string of the molecule is C#CCNC(=O)c1ccc(C(C=CC2=[N+](CCCS(=O)(=O)O)c3ccc4c(S(=O)(=O)O)cc(S(=O)(=O)O)cc4c3C2(C)C)=CC=C2N(CCCS(=O)(=O)O)c3ccc4c(S(=O)(=O)O)cc(S(=O)(=O)O)cc4c3C2(C)C)nc1. The smallest absolute Gasteiger partial charge is 0.295 e. The minimum atomic E-state index is -5.14. The van der Waals surface area contributed by atoms with Crippen molar-refractivity contribution in [3.63, 3.8) is 0 Å². The number of rotatable bonds is 18. The molecule has 5 aromatic rings. The van der Waals surface area contributed by atoms with E-state index in [-0.39, 0.29) is 82.0 Å². The average Bonchev–Trinajstić information content (AvgIpc) is 3.67. The summed E-state index contributed by atoms with van der Waals surface area (Å²) in [7, 11) is -29.5. The fraction of sp³-hybridized carbons (Fsp3) is 0.271. The summed E-state index contributed by atoms with van der Waals surface area (Å²) in [4.78, 5) is 15.6. The van der Waals surface area contributed by atoms with E-state index >= 15 is 0 Å². The number of nitrogens with zero attached hydrogens (tertiary/aromatic N) is 3. The monoisotopic (exact) mass is 1180 g/mol. The van der Waals surface area contributed by atoms with E-state index in [9.17, 15) is 82.6 Å². The van der Waals surface area contributed by atoms with Crippen LogP contribution in [0.4, 0.5) is 11.4 Å². The van der Waals surface area contributed by atoms with Crippen molar-refractivity contribution in [2.24, 2.45) is 0 Å². The van der Waals surface area contributed by atoms with Crippen LogP contribution < -0.4 is 10.2 Å². The molecule has 29 heteroatoms. The Hall–Kier alpha value is -6.27. The molecule has 0 atom stereocenters. The summed E-state index contributed by atoms with van der Waals surface area (Å²) in [5.41, 5.74) is -0.252. The number of pyridine rings is 1. The molecule has 1 amide bonds. The summed E-state index contributed by atoms with van der Waals surface area (Å²) in [6, 6.07) is 11.6. The Balaban J connectivity index is 1.50. The average molecular weight is 1180 g/mol. The van der Waals surface area contributed by atoms with Crippen LogP contribution in [0.5, 0.6) is 0 Å². The lowest BCUT2D eigenvalue weighted by atomic mass is 9.79. The third kappa shape index (κ3) is 12.2. The molecule has 7 rings (SSSR count). The summed E-state index contributed by atoms with van der Waals surface area (Å²) in [5.74, 6) is 0.299. The number of fused-ring (bicyclic) bond motifs is 6. The molecule has 77 heavy (non-hydrogen) atoms. The Bertz CT molecular complexity index is 4240. The molecule has 410 valence electrons. The summed E-state index contributed by atoms with van der Waals surface area (Å²) in [6.07, 6.45) is 12.4. The third-order valence-electron chi connectivity index (χ3n) is 13.0. The van der Waals surface area contributed by atoms with E-state index in [0.717, 1.165) is 12.1 Å². The first-order chi connectivity index (χ1) is 35.4. The highest BCUT2D eigenvalue weighted by Crippen LogP contribution is 2.52. The fourth-order valence-electron chi connectivity index (χ4n) is 9.79. The highest BCUT2D eigenvalue weighted by Gasteiger charge is 2.47. The van der Waals surface area contributed by atoms with Crippen molar-refractivity contribution in [1.29, 1.82) is 0 Å². The summed E-state index contributed by atoms with van der Waals surface area (Å²) in [5, 5.41) is 2.15. The molecule has 0 aliphatic carbocycles. The van der Waals surface area contributed by atoms with Gasteiger partial charge in [0, 0.05) is 70.0 Å². The number of amides is 1. The topological polar surface area (TPSA) is 374 Å². The van der Waals surface area contributed by atoms with E-state index in [1.165, 1.54) is 42.6 Å². The Morgan fingerprint density at radius 1 is 0.688 bits per heavy atom. The largest absolute Gasteiger partial charge is 0.344 e. The van der Waals surface area contributed by atoms with Crippen molar-refractivity contribution in [2.45, 2.75) is 70.9 Å². The molecule has 0 radical (unpaired) electrons. The van der Waals surface area contributed by atoms with Gasteiger partial charge in [-0.3, -0.25) is 37.1 Å². The molecule has 0 unspecified atom stereocenters. The van der Waals surface area contributed by atoms with Crippen molar-refractivity contribution < 1.29 is 87.2 Å². The van der Waals surface area contributed by atoms with Crippen molar-refractivity contribution in [3.05, 3.63) is 119 Å². The zero-order valence-electron chi connectivity index (χ0n) is 41.0. The van der Waals surface area contributed by atoms with Gasteiger partial charge >= 0.3 is 0 Å². The number of carbonyl (C=O) groups excluding carboxylic acids is 1. The van der Waals surface area contributed by atoms with Gasteiger partial charge in [0.15, 0.2) is 5.71 Å².